The third-order valence-corrected chi connectivity index (χ3v) is 5.75. The molecule has 0 fully saturated rings. The van der Waals surface area contributed by atoms with Crippen molar-refractivity contribution in [3.63, 3.8) is 0 Å². The maximum absolute atomic E-state index is 12.7. The van der Waals surface area contributed by atoms with E-state index in [1.165, 1.54) is 11.3 Å². The van der Waals surface area contributed by atoms with Crippen molar-refractivity contribution >= 4 is 44.7 Å². The SMILES string of the molecule is Cc1noc(C)c1NC(=O)c1cc2c(C)nn(Cc3ccc(Cl)cc3)c2s1. The molecule has 27 heavy (non-hydrogen) atoms. The Labute approximate surface area is 164 Å². The van der Waals surface area contributed by atoms with Crippen molar-refractivity contribution in [2.24, 2.45) is 0 Å². The van der Waals surface area contributed by atoms with E-state index in [-0.39, 0.29) is 5.91 Å². The number of carbonyl (C=O) groups is 1. The van der Waals surface area contributed by atoms with Gasteiger partial charge in [0.1, 0.15) is 16.2 Å². The first-order valence-electron chi connectivity index (χ1n) is 8.38. The van der Waals surface area contributed by atoms with Gasteiger partial charge in [-0.05, 0) is 44.5 Å². The van der Waals surface area contributed by atoms with Crippen LogP contribution in [0.2, 0.25) is 5.02 Å². The third kappa shape index (κ3) is 3.36. The number of nitrogens with one attached hydrogen (secondary N) is 1. The van der Waals surface area contributed by atoms with Crippen LogP contribution < -0.4 is 5.32 Å². The topological polar surface area (TPSA) is 73.0 Å². The fourth-order valence-electron chi connectivity index (χ4n) is 2.93. The smallest absolute Gasteiger partial charge is 0.265 e. The highest BCUT2D eigenvalue weighted by Gasteiger charge is 2.19. The minimum absolute atomic E-state index is 0.178. The number of benzene rings is 1. The molecular weight excluding hydrogens is 384 g/mol. The van der Waals surface area contributed by atoms with Gasteiger partial charge >= 0.3 is 0 Å². The lowest BCUT2D eigenvalue weighted by molar-refractivity contribution is 0.103. The zero-order valence-corrected chi connectivity index (χ0v) is 16.6. The molecule has 3 heterocycles. The van der Waals surface area contributed by atoms with Crippen LogP contribution >= 0.6 is 22.9 Å². The number of halogens is 1. The number of fused-ring (bicyclic) bond motifs is 1. The first-order chi connectivity index (χ1) is 12.9. The molecular formula is C19H17ClN4O2S. The minimum atomic E-state index is -0.178. The second kappa shape index (κ2) is 6.83. The zero-order chi connectivity index (χ0) is 19.1. The summed E-state index contributed by atoms with van der Waals surface area (Å²) in [4.78, 5) is 14.3. The number of aromatic nitrogens is 3. The Morgan fingerprint density at radius 2 is 1.96 bits per heavy atom. The number of hydrogen-bond donors (Lipinski definition) is 1. The van der Waals surface area contributed by atoms with Crippen LogP contribution in [-0.2, 0) is 6.54 Å². The van der Waals surface area contributed by atoms with Crippen LogP contribution in [0.15, 0.2) is 34.9 Å². The van der Waals surface area contributed by atoms with Crippen molar-refractivity contribution in [2.45, 2.75) is 27.3 Å². The average Bonchev–Trinajstić information content (AvgIpc) is 3.29. The van der Waals surface area contributed by atoms with Gasteiger partial charge in [-0.25, -0.2) is 0 Å². The van der Waals surface area contributed by atoms with Gasteiger partial charge in [0.15, 0.2) is 5.76 Å². The van der Waals surface area contributed by atoms with Crippen LogP contribution in [0.25, 0.3) is 10.2 Å². The van der Waals surface area contributed by atoms with Crippen molar-refractivity contribution in [1.82, 2.24) is 14.9 Å². The Morgan fingerprint density at radius 3 is 2.63 bits per heavy atom. The molecule has 4 aromatic rings. The summed E-state index contributed by atoms with van der Waals surface area (Å²) in [7, 11) is 0. The van der Waals surface area contributed by atoms with Crippen LogP contribution in [0, 0.1) is 20.8 Å². The molecule has 0 aliphatic carbocycles. The van der Waals surface area contributed by atoms with E-state index in [0.717, 1.165) is 21.5 Å². The van der Waals surface area contributed by atoms with Gasteiger partial charge in [-0.15, -0.1) is 11.3 Å². The normalized spacial score (nSPS) is 11.3. The summed E-state index contributed by atoms with van der Waals surface area (Å²) in [6.07, 6.45) is 0. The van der Waals surface area contributed by atoms with Gasteiger partial charge in [0, 0.05) is 10.4 Å². The molecule has 0 atom stereocenters. The van der Waals surface area contributed by atoms with E-state index in [1.807, 2.05) is 41.9 Å². The van der Waals surface area contributed by atoms with Crippen LogP contribution in [0.1, 0.15) is 32.4 Å². The highest BCUT2D eigenvalue weighted by atomic mass is 35.5. The summed E-state index contributed by atoms with van der Waals surface area (Å²) in [5.74, 6) is 0.412. The number of amides is 1. The molecule has 0 unspecified atom stereocenters. The van der Waals surface area contributed by atoms with E-state index < -0.39 is 0 Å². The van der Waals surface area contributed by atoms with Crippen molar-refractivity contribution < 1.29 is 9.32 Å². The molecule has 0 radical (unpaired) electrons. The number of carbonyl (C=O) groups excluding carboxylic acids is 1. The van der Waals surface area contributed by atoms with E-state index in [9.17, 15) is 4.79 Å². The molecule has 0 aliphatic heterocycles. The molecule has 0 aliphatic rings. The summed E-state index contributed by atoms with van der Waals surface area (Å²) in [6, 6.07) is 9.56. The second-order valence-corrected chi connectivity index (χ2v) is 7.82. The molecule has 1 amide bonds. The number of aryl methyl sites for hydroxylation is 3. The minimum Gasteiger partial charge on any atom is -0.359 e. The summed E-state index contributed by atoms with van der Waals surface area (Å²) >= 11 is 7.38. The molecule has 0 saturated heterocycles. The van der Waals surface area contributed by atoms with Crippen LogP contribution in [0.3, 0.4) is 0 Å². The fourth-order valence-corrected chi connectivity index (χ4v) is 4.11. The Morgan fingerprint density at radius 1 is 1.22 bits per heavy atom. The van der Waals surface area contributed by atoms with E-state index in [0.29, 0.717) is 33.6 Å². The summed E-state index contributed by atoms with van der Waals surface area (Å²) in [5, 5.41) is 13.1. The van der Waals surface area contributed by atoms with E-state index in [4.69, 9.17) is 16.1 Å². The lowest BCUT2D eigenvalue weighted by Gasteiger charge is -2.04. The summed E-state index contributed by atoms with van der Waals surface area (Å²) < 4.78 is 7.03. The lowest BCUT2D eigenvalue weighted by atomic mass is 10.2. The molecule has 6 nitrogen and oxygen atoms in total. The Balaban J connectivity index is 1.64. The molecule has 0 bridgehead atoms. The van der Waals surface area contributed by atoms with Gasteiger partial charge in [-0.3, -0.25) is 9.48 Å². The summed E-state index contributed by atoms with van der Waals surface area (Å²) in [5.41, 5.74) is 3.27. The van der Waals surface area contributed by atoms with Crippen molar-refractivity contribution in [3.05, 3.63) is 62.9 Å². The van der Waals surface area contributed by atoms with Crippen molar-refractivity contribution in [3.8, 4) is 0 Å². The molecule has 4 rings (SSSR count). The van der Waals surface area contributed by atoms with Gasteiger partial charge < -0.3 is 9.84 Å². The zero-order valence-electron chi connectivity index (χ0n) is 15.0. The maximum Gasteiger partial charge on any atom is 0.265 e. The number of hydrogen-bond acceptors (Lipinski definition) is 5. The highest BCUT2D eigenvalue weighted by molar-refractivity contribution is 7.20. The van der Waals surface area contributed by atoms with Crippen LogP contribution in [-0.4, -0.2) is 20.8 Å². The van der Waals surface area contributed by atoms with Gasteiger partial charge in [0.25, 0.3) is 5.91 Å². The van der Waals surface area contributed by atoms with Gasteiger partial charge in [-0.2, -0.15) is 5.10 Å². The lowest BCUT2D eigenvalue weighted by Crippen LogP contribution is -2.11. The number of anilines is 1. The maximum atomic E-state index is 12.7. The highest BCUT2D eigenvalue weighted by Crippen LogP contribution is 2.30. The molecule has 1 N–H and O–H groups in total. The average molecular weight is 401 g/mol. The number of thiophene rings is 1. The molecule has 138 valence electrons. The molecule has 3 aromatic heterocycles. The first kappa shape index (κ1) is 17.8. The Kier molecular flexibility index (Phi) is 4.49. The third-order valence-electron chi connectivity index (χ3n) is 4.35. The Hall–Kier alpha value is -2.64. The Bertz CT molecular complexity index is 1120. The quantitative estimate of drug-likeness (QED) is 0.525. The monoisotopic (exact) mass is 400 g/mol. The van der Waals surface area contributed by atoms with E-state index >= 15 is 0 Å². The van der Waals surface area contributed by atoms with E-state index in [1.54, 1.807) is 13.8 Å². The predicted octanol–water partition coefficient (Wildman–Crippen LogP) is 4.97. The standard InChI is InChI=1S/C19H17ClN4O2S/c1-10-15-8-16(18(25)21-17-11(2)23-26-12(17)3)27-19(15)24(22-10)9-13-4-6-14(20)7-5-13/h4-8H,9H2,1-3H3,(H,21,25). The van der Waals surface area contributed by atoms with Crippen LogP contribution in [0.4, 0.5) is 5.69 Å². The fraction of sp³-hybridized carbons (Fsp3) is 0.211. The number of nitrogens with zero attached hydrogens (tertiary/aromatic N) is 3. The number of rotatable bonds is 4. The van der Waals surface area contributed by atoms with Crippen LogP contribution in [0.5, 0.6) is 0 Å². The van der Waals surface area contributed by atoms with E-state index in [2.05, 4.69) is 15.6 Å². The van der Waals surface area contributed by atoms with Gasteiger partial charge in [0.05, 0.1) is 17.1 Å². The predicted molar refractivity (Wildman–Crippen MR) is 107 cm³/mol. The summed E-state index contributed by atoms with van der Waals surface area (Å²) in [6.45, 7) is 6.14. The van der Waals surface area contributed by atoms with Gasteiger partial charge in [-0.1, -0.05) is 28.9 Å². The van der Waals surface area contributed by atoms with Crippen molar-refractivity contribution in [2.75, 3.05) is 5.32 Å². The molecule has 0 saturated carbocycles. The largest absolute Gasteiger partial charge is 0.359 e. The second-order valence-electron chi connectivity index (χ2n) is 6.35. The van der Waals surface area contributed by atoms with Gasteiger partial charge in [0.2, 0.25) is 0 Å². The molecule has 1 aromatic carbocycles. The molecule has 0 spiro atoms. The van der Waals surface area contributed by atoms with Crippen molar-refractivity contribution in [1.29, 1.82) is 0 Å². The first-order valence-corrected chi connectivity index (χ1v) is 9.57. The molecule has 8 heteroatoms.